The molecule has 146 valence electrons. The highest BCUT2D eigenvalue weighted by atomic mass is 32.2. The predicted molar refractivity (Wildman–Crippen MR) is 106 cm³/mol. The summed E-state index contributed by atoms with van der Waals surface area (Å²) in [6, 6.07) is 15.2. The third-order valence-corrected chi connectivity index (χ3v) is 6.74. The van der Waals surface area contributed by atoms with Gasteiger partial charge in [-0.15, -0.1) is 0 Å². The molecule has 0 radical (unpaired) electrons. The Morgan fingerprint density at radius 3 is 2.64 bits per heavy atom. The number of carboxylic acids is 1. The van der Waals surface area contributed by atoms with Crippen LogP contribution < -0.4 is 5.32 Å². The average Bonchev–Trinajstić information content (AvgIpc) is 3.15. The van der Waals surface area contributed by atoms with Gasteiger partial charge in [0.15, 0.2) is 0 Å². The minimum absolute atomic E-state index is 0.240. The molecule has 0 saturated carbocycles. The highest BCUT2D eigenvalue weighted by molar-refractivity contribution is 7.90. The number of piperazine rings is 1. The number of aromatic nitrogens is 1. The van der Waals surface area contributed by atoms with E-state index in [4.69, 9.17) is 0 Å². The van der Waals surface area contributed by atoms with Gasteiger partial charge >= 0.3 is 5.97 Å². The van der Waals surface area contributed by atoms with E-state index in [1.165, 1.54) is 3.97 Å². The van der Waals surface area contributed by atoms with Gasteiger partial charge in [-0.25, -0.2) is 12.4 Å². The third-order valence-electron chi connectivity index (χ3n) is 5.04. The Labute approximate surface area is 163 Å². The SMILES string of the molecule is O=C(O)C1CN(Cc2cccc3c2ccn3S(=O)(=O)c2ccccc2)CCN1. The maximum Gasteiger partial charge on any atom is 0.322 e. The molecule has 1 fully saturated rings. The van der Waals surface area contributed by atoms with Gasteiger partial charge in [-0.2, -0.15) is 0 Å². The number of fused-ring (bicyclic) bond motifs is 1. The molecule has 0 amide bonds. The summed E-state index contributed by atoms with van der Waals surface area (Å²) >= 11 is 0. The number of rotatable bonds is 5. The highest BCUT2D eigenvalue weighted by Crippen LogP contribution is 2.26. The van der Waals surface area contributed by atoms with Crippen LogP contribution in [-0.4, -0.2) is 54.0 Å². The van der Waals surface area contributed by atoms with Crippen molar-refractivity contribution in [2.24, 2.45) is 0 Å². The Hall–Kier alpha value is -2.68. The number of hydrogen-bond donors (Lipinski definition) is 2. The minimum Gasteiger partial charge on any atom is -0.480 e. The quantitative estimate of drug-likeness (QED) is 0.679. The second kappa shape index (κ2) is 7.38. The third kappa shape index (κ3) is 3.42. The number of carboxylic acid groups (broad SMARTS) is 1. The summed E-state index contributed by atoms with van der Waals surface area (Å²) in [5.74, 6) is -0.858. The molecule has 1 aromatic heterocycles. The standard InChI is InChI=1S/C20H21N3O4S/c24-20(25)18-14-22(12-10-21-18)13-15-5-4-8-19-17(15)9-11-23(19)28(26,27)16-6-2-1-3-7-16/h1-9,11,18,21H,10,12-14H2,(H,24,25). The zero-order valence-electron chi connectivity index (χ0n) is 15.2. The molecule has 1 unspecified atom stereocenters. The van der Waals surface area contributed by atoms with Crippen molar-refractivity contribution in [3.05, 3.63) is 66.4 Å². The zero-order chi connectivity index (χ0) is 19.7. The maximum absolute atomic E-state index is 13.0. The minimum atomic E-state index is -3.68. The summed E-state index contributed by atoms with van der Waals surface area (Å²) in [6.45, 7) is 2.33. The summed E-state index contributed by atoms with van der Waals surface area (Å²) < 4.78 is 27.3. The zero-order valence-corrected chi connectivity index (χ0v) is 16.0. The first-order chi connectivity index (χ1) is 13.5. The molecule has 0 spiro atoms. The summed E-state index contributed by atoms with van der Waals surface area (Å²) in [4.78, 5) is 13.6. The van der Waals surface area contributed by atoms with E-state index in [1.807, 2.05) is 18.2 Å². The molecule has 4 rings (SSSR count). The molecule has 28 heavy (non-hydrogen) atoms. The van der Waals surface area contributed by atoms with E-state index in [9.17, 15) is 18.3 Å². The fourth-order valence-electron chi connectivity index (χ4n) is 3.62. The van der Waals surface area contributed by atoms with Gasteiger partial charge in [0.05, 0.1) is 10.4 Å². The van der Waals surface area contributed by atoms with E-state index in [-0.39, 0.29) is 4.90 Å². The van der Waals surface area contributed by atoms with Crippen molar-refractivity contribution in [1.82, 2.24) is 14.2 Å². The lowest BCUT2D eigenvalue weighted by molar-refractivity contribution is -0.140. The van der Waals surface area contributed by atoms with Crippen LogP contribution in [0.2, 0.25) is 0 Å². The molecule has 1 atom stereocenters. The Morgan fingerprint density at radius 1 is 1.11 bits per heavy atom. The van der Waals surface area contributed by atoms with Crippen LogP contribution in [0.3, 0.4) is 0 Å². The van der Waals surface area contributed by atoms with E-state index in [2.05, 4.69) is 10.2 Å². The number of benzene rings is 2. The molecule has 1 aliphatic heterocycles. The van der Waals surface area contributed by atoms with Crippen molar-refractivity contribution in [1.29, 1.82) is 0 Å². The predicted octanol–water partition coefficient (Wildman–Crippen LogP) is 1.74. The van der Waals surface area contributed by atoms with Crippen molar-refractivity contribution < 1.29 is 18.3 Å². The summed E-state index contributed by atoms with van der Waals surface area (Å²) in [6.07, 6.45) is 1.58. The van der Waals surface area contributed by atoms with Crippen LogP contribution >= 0.6 is 0 Å². The Morgan fingerprint density at radius 2 is 1.89 bits per heavy atom. The van der Waals surface area contributed by atoms with E-state index in [0.29, 0.717) is 25.2 Å². The van der Waals surface area contributed by atoms with E-state index >= 15 is 0 Å². The topological polar surface area (TPSA) is 91.6 Å². The first kappa shape index (κ1) is 18.7. The highest BCUT2D eigenvalue weighted by Gasteiger charge is 2.25. The number of carbonyl (C=O) groups is 1. The van der Waals surface area contributed by atoms with E-state index < -0.39 is 22.0 Å². The second-order valence-corrected chi connectivity index (χ2v) is 8.67. The summed E-state index contributed by atoms with van der Waals surface area (Å²) in [5, 5.41) is 13.1. The maximum atomic E-state index is 13.0. The molecule has 2 N–H and O–H groups in total. The van der Waals surface area contributed by atoms with Crippen LogP contribution in [0.4, 0.5) is 0 Å². The first-order valence-corrected chi connectivity index (χ1v) is 10.5. The molecule has 7 nitrogen and oxygen atoms in total. The lowest BCUT2D eigenvalue weighted by Gasteiger charge is -2.31. The van der Waals surface area contributed by atoms with Gasteiger partial charge in [0.25, 0.3) is 10.0 Å². The number of hydrogen-bond acceptors (Lipinski definition) is 5. The number of nitrogens with zero attached hydrogens (tertiary/aromatic N) is 2. The lowest BCUT2D eigenvalue weighted by Crippen LogP contribution is -2.53. The molecular formula is C20H21N3O4S. The van der Waals surface area contributed by atoms with Crippen molar-refractivity contribution in [2.45, 2.75) is 17.5 Å². The molecule has 2 aromatic carbocycles. The van der Waals surface area contributed by atoms with Crippen molar-refractivity contribution in [3.63, 3.8) is 0 Å². The normalized spacial score (nSPS) is 18.4. The van der Waals surface area contributed by atoms with Gasteiger partial charge in [0.1, 0.15) is 6.04 Å². The molecular weight excluding hydrogens is 378 g/mol. The van der Waals surface area contributed by atoms with Crippen molar-refractivity contribution >= 4 is 26.9 Å². The van der Waals surface area contributed by atoms with Gasteiger partial charge in [0.2, 0.25) is 0 Å². The van der Waals surface area contributed by atoms with Crippen molar-refractivity contribution in [2.75, 3.05) is 19.6 Å². The largest absolute Gasteiger partial charge is 0.480 e. The molecule has 0 aliphatic carbocycles. The van der Waals surface area contributed by atoms with Crippen LogP contribution in [0.15, 0.2) is 65.7 Å². The summed E-state index contributed by atoms with van der Waals surface area (Å²) in [7, 11) is -3.68. The van der Waals surface area contributed by atoms with Gasteiger partial charge in [-0.1, -0.05) is 30.3 Å². The molecule has 2 heterocycles. The lowest BCUT2D eigenvalue weighted by atomic mass is 10.1. The van der Waals surface area contributed by atoms with E-state index in [0.717, 1.165) is 17.5 Å². The van der Waals surface area contributed by atoms with Gasteiger partial charge in [-0.05, 0) is 29.8 Å². The first-order valence-electron chi connectivity index (χ1n) is 9.05. The van der Waals surface area contributed by atoms with Crippen LogP contribution in [-0.2, 0) is 21.4 Å². The number of aliphatic carboxylic acids is 1. The fourth-order valence-corrected chi connectivity index (χ4v) is 4.99. The Balaban J connectivity index is 1.67. The molecule has 8 heteroatoms. The van der Waals surface area contributed by atoms with Crippen LogP contribution in [0, 0.1) is 0 Å². The fraction of sp³-hybridized carbons (Fsp3) is 0.250. The second-order valence-electron chi connectivity index (χ2n) is 6.86. The molecule has 0 bridgehead atoms. The Kier molecular flexibility index (Phi) is 4.92. The van der Waals surface area contributed by atoms with Crippen molar-refractivity contribution in [3.8, 4) is 0 Å². The molecule has 1 aliphatic rings. The Bertz CT molecular complexity index is 1110. The van der Waals surface area contributed by atoms with Gasteiger partial charge in [-0.3, -0.25) is 9.69 Å². The van der Waals surface area contributed by atoms with E-state index in [1.54, 1.807) is 42.6 Å². The average molecular weight is 399 g/mol. The molecule has 1 saturated heterocycles. The number of nitrogens with one attached hydrogen (secondary N) is 1. The van der Waals surface area contributed by atoms with Crippen LogP contribution in [0.1, 0.15) is 5.56 Å². The van der Waals surface area contributed by atoms with Gasteiger partial charge < -0.3 is 10.4 Å². The smallest absolute Gasteiger partial charge is 0.322 e. The van der Waals surface area contributed by atoms with Gasteiger partial charge in [0, 0.05) is 37.8 Å². The monoisotopic (exact) mass is 399 g/mol. The van der Waals surface area contributed by atoms with Crippen LogP contribution in [0.5, 0.6) is 0 Å². The summed E-state index contributed by atoms with van der Waals surface area (Å²) in [5.41, 5.74) is 1.59. The molecule has 3 aromatic rings. The van der Waals surface area contributed by atoms with Crippen LogP contribution in [0.25, 0.3) is 10.9 Å².